The molecule has 0 aliphatic heterocycles. The molecule has 0 bridgehead atoms. The molecule has 6 heteroatoms. The number of para-hydroxylation sites is 2. The van der Waals surface area contributed by atoms with E-state index in [4.69, 9.17) is 5.73 Å². The summed E-state index contributed by atoms with van der Waals surface area (Å²) in [4.78, 5) is 4.12. The van der Waals surface area contributed by atoms with Crippen molar-refractivity contribution < 1.29 is 8.42 Å². The highest BCUT2D eigenvalue weighted by molar-refractivity contribution is 7.92. The van der Waals surface area contributed by atoms with Crippen LogP contribution in [0.2, 0.25) is 0 Å². The maximum absolute atomic E-state index is 12.3. The maximum Gasteiger partial charge on any atom is 0.235 e. The van der Waals surface area contributed by atoms with E-state index in [0.717, 1.165) is 5.69 Å². The highest BCUT2D eigenvalue weighted by atomic mass is 32.2. The molecule has 0 aliphatic carbocycles. The molecule has 1 heterocycles. The maximum atomic E-state index is 12.3. The minimum atomic E-state index is -3.42. The number of nitrogen functional groups attached to an aromatic ring is 1. The average Bonchev–Trinajstić information content (AvgIpc) is 2.46. The lowest BCUT2D eigenvalue weighted by atomic mass is 10.3. The monoisotopic (exact) mass is 291 g/mol. The highest BCUT2D eigenvalue weighted by Crippen LogP contribution is 2.23. The third-order valence-corrected chi connectivity index (χ3v) is 4.79. The molecule has 0 unspecified atom stereocenters. The SMILES string of the molecule is CN(c1ccccc1N)S(=O)(=O)CCc1ccccn1. The standard InChI is InChI=1S/C14H17N3O2S/c1-17(14-8-3-2-7-13(14)15)20(18,19)11-9-12-6-4-5-10-16-12/h2-8,10H,9,11,15H2,1H3. The molecule has 0 spiro atoms. The molecule has 0 saturated heterocycles. The molecule has 0 amide bonds. The number of aryl methyl sites for hydroxylation is 1. The van der Waals surface area contributed by atoms with Gasteiger partial charge in [-0.05, 0) is 24.3 Å². The van der Waals surface area contributed by atoms with Gasteiger partial charge >= 0.3 is 0 Å². The summed E-state index contributed by atoms with van der Waals surface area (Å²) in [6.45, 7) is 0. The number of sulfonamides is 1. The van der Waals surface area contributed by atoms with Gasteiger partial charge in [-0.1, -0.05) is 18.2 Å². The predicted molar refractivity (Wildman–Crippen MR) is 81.0 cm³/mol. The molecule has 0 atom stereocenters. The van der Waals surface area contributed by atoms with Crippen LogP contribution in [0.1, 0.15) is 5.69 Å². The van der Waals surface area contributed by atoms with Crippen LogP contribution in [0, 0.1) is 0 Å². The molecular weight excluding hydrogens is 274 g/mol. The second-order valence-electron chi connectivity index (χ2n) is 4.41. The number of hydrogen-bond acceptors (Lipinski definition) is 4. The summed E-state index contributed by atoms with van der Waals surface area (Å²) in [6.07, 6.45) is 2.03. The molecule has 1 aromatic carbocycles. The molecule has 2 rings (SSSR count). The number of benzene rings is 1. The zero-order valence-electron chi connectivity index (χ0n) is 11.2. The summed E-state index contributed by atoms with van der Waals surface area (Å²) in [5.41, 5.74) is 7.50. The normalized spacial score (nSPS) is 11.2. The van der Waals surface area contributed by atoms with E-state index in [-0.39, 0.29) is 5.75 Å². The topological polar surface area (TPSA) is 76.3 Å². The van der Waals surface area contributed by atoms with Gasteiger partial charge in [0.15, 0.2) is 0 Å². The first-order chi connectivity index (χ1) is 9.50. The van der Waals surface area contributed by atoms with E-state index in [1.165, 1.54) is 11.4 Å². The van der Waals surface area contributed by atoms with Crippen molar-refractivity contribution in [3.8, 4) is 0 Å². The van der Waals surface area contributed by atoms with Crippen molar-refractivity contribution in [2.24, 2.45) is 0 Å². The van der Waals surface area contributed by atoms with Crippen LogP contribution in [0.15, 0.2) is 48.7 Å². The third-order valence-electron chi connectivity index (χ3n) is 3.04. The number of rotatable bonds is 5. The largest absolute Gasteiger partial charge is 0.397 e. The average molecular weight is 291 g/mol. The lowest BCUT2D eigenvalue weighted by Gasteiger charge is -2.20. The minimum Gasteiger partial charge on any atom is -0.397 e. The van der Waals surface area contributed by atoms with Crippen molar-refractivity contribution in [2.75, 3.05) is 22.8 Å². The van der Waals surface area contributed by atoms with Crippen molar-refractivity contribution in [3.63, 3.8) is 0 Å². The van der Waals surface area contributed by atoms with Crippen molar-refractivity contribution in [3.05, 3.63) is 54.4 Å². The molecule has 0 fully saturated rings. The van der Waals surface area contributed by atoms with Crippen LogP contribution in [0.3, 0.4) is 0 Å². The fourth-order valence-corrected chi connectivity index (χ4v) is 3.05. The van der Waals surface area contributed by atoms with Crippen LogP contribution >= 0.6 is 0 Å². The van der Waals surface area contributed by atoms with Crippen LogP contribution in [-0.2, 0) is 16.4 Å². The molecular formula is C14H17N3O2S. The minimum absolute atomic E-state index is 0.00511. The first-order valence-corrected chi connectivity index (χ1v) is 7.82. The van der Waals surface area contributed by atoms with Crippen molar-refractivity contribution >= 4 is 21.4 Å². The van der Waals surface area contributed by atoms with Crippen molar-refractivity contribution in [1.29, 1.82) is 0 Å². The number of nitrogens with zero attached hydrogens (tertiary/aromatic N) is 2. The quantitative estimate of drug-likeness (QED) is 0.850. The van der Waals surface area contributed by atoms with Gasteiger partial charge in [-0.15, -0.1) is 0 Å². The van der Waals surface area contributed by atoms with Crippen LogP contribution in [0.25, 0.3) is 0 Å². The van der Waals surface area contributed by atoms with Gasteiger partial charge in [-0.25, -0.2) is 8.42 Å². The van der Waals surface area contributed by atoms with Gasteiger partial charge in [0.2, 0.25) is 10.0 Å². The Bertz CT molecular complexity index is 672. The molecule has 20 heavy (non-hydrogen) atoms. The van der Waals surface area contributed by atoms with Gasteiger partial charge in [0.1, 0.15) is 0 Å². The van der Waals surface area contributed by atoms with Crippen molar-refractivity contribution in [1.82, 2.24) is 4.98 Å². The predicted octanol–water partition coefficient (Wildman–Crippen LogP) is 1.67. The van der Waals surface area contributed by atoms with Gasteiger partial charge < -0.3 is 5.73 Å². The Kier molecular flexibility index (Phi) is 4.24. The Morgan fingerprint density at radius 2 is 1.85 bits per heavy atom. The molecule has 106 valence electrons. The fourth-order valence-electron chi connectivity index (χ4n) is 1.84. The lowest BCUT2D eigenvalue weighted by molar-refractivity contribution is 0.593. The Labute approximate surface area is 119 Å². The Balaban J connectivity index is 2.13. The fraction of sp³-hybridized carbons (Fsp3) is 0.214. The first-order valence-electron chi connectivity index (χ1n) is 6.22. The highest BCUT2D eigenvalue weighted by Gasteiger charge is 2.20. The van der Waals surface area contributed by atoms with Crippen LogP contribution in [0.5, 0.6) is 0 Å². The third kappa shape index (κ3) is 3.27. The van der Waals surface area contributed by atoms with E-state index in [9.17, 15) is 8.42 Å². The number of aromatic nitrogens is 1. The van der Waals surface area contributed by atoms with Gasteiger partial charge in [-0.2, -0.15) is 0 Å². The number of anilines is 2. The van der Waals surface area contributed by atoms with E-state index in [1.54, 1.807) is 36.5 Å². The second-order valence-corrected chi connectivity index (χ2v) is 6.53. The van der Waals surface area contributed by atoms with E-state index in [1.807, 2.05) is 12.1 Å². The molecule has 2 N–H and O–H groups in total. The Morgan fingerprint density at radius 3 is 2.50 bits per heavy atom. The van der Waals surface area contributed by atoms with E-state index in [2.05, 4.69) is 4.98 Å². The summed E-state index contributed by atoms with van der Waals surface area (Å²) in [6, 6.07) is 12.4. The summed E-state index contributed by atoms with van der Waals surface area (Å²) in [7, 11) is -1.91. The molecule has 1 aromatic heterocycles. The first kappa shape index (κ1) is 14.3. The number of pyridine rings is 1. The van der Waals surface area contributed by atoms with Gasteiger partial charge in [0.05, 0.1) is 17.1 Å². The van der Waals surface area contributed by atoms with E-state index in [0.29, 0.717) is 17.8 Å². The van der Waals surface area contributed by atoms with Crippen molar-refractivity contribution in [2.45, 2.75) is 6.42 Å². The van der Waals surface area contributed by atoms with Crippen LogP contribution < -0.4 is 10.0 Å². The molecule has 2 aromatic rings. The molecule has 0 radical (unpaired) electrons. The molecule has 0 saturated carbocycles. The lowest BCUT2D eigenvalue weighted by Crippen LogP contribution is -2.30. The number of hydrogen-bond donors (Lipinski definition) is 1. The zero-order valence-corrected chi connectivity index (χ0v) is 12.0. The molecule has 5 nitrogen and oxygen atoms in total. The van der Waals surface area contributed by atoms with Gasteiger partial charge in [-0.3, -0.25) is 9.29 Å². The summed E-state index contributed by atoms with van der Waals surface area (Å²) < 4.78 is 25.8. The summed E-state index contributed by atoms with van der Waals surface area (Å²) >= 11 is 0. The van der Waals surface area contributed by atoms with Gasteiger partial charge in [0.25, 0.3) is 0 Å². The van der Waals surface area contributed by atoms with Crippen LogP contribution in [-0.4, -0.2) is 26.2 Å². The number of nitrogens with two attached hydrogens (primary N) is 1. The Hall–Kier alpha value is -2.08. The summed E-state index contributed by atoms with van der Waals surface area (Å²) in [5.74, 6) is -0.00511. The van der Waals surface area contributed by atoms with E-state index < -0.39 is 10.0 Å². The van der Waals surface area contributed by atoms with Gasteiger partial charge in [0, 0.05) is 25.4 Å². The zero-order chi connectivity index (χ0) is 14.6. The molecule has 0 aliphatic rings. The smallest absolute Gasteiger partial charge is 0.235 e. The second kappa shape index (κ2) is 5.92. The Morgan fingerprint density at radius 1 is 1.15 bits per heavy atom. The summed E-state index contributed by atoms with van der Waals surface area (Å²) in [5, 5.41) is 0. The van der Waals surface area contributed by atoms with E-state index >= 15 is 0 Å². The van der Waals surface area contributed by atoms with Crippen LogP contribution in [0.4, 0.5) is 11.4 Å².